The third-order valence-corrected chi connectivity index (χ3v) is 7.98. The molecule has 0 aromatic carbocycles. The van der Waals surface area contributed by atoms with E-state index in [1.807, 2.05) is 29.1 Å². The minimum atomic E-state index is 0.0823. The van der Waals surface area contributed by atoms with Gasteiger partial charge in [-0.1, -0.05) is 30.6 Å². The molecule has 1 saturated carbocycles. The second-order valence-corrected chi connectivity index (χ2v) is 9.83. The monoisotopic (exact) mass is 428 g/mol. The van der Waals surface area contributed by atoms with Crippen molar-refractivity contribution in [2.45, 2.75) is 51.0 Å². The van der Waals surface area contributed by atoms with Crippen molar-refractivity contribution in [1.29, 1.82) is 0 Å². The Labute approximate surface area is 182 Å². The summed E-state index contributed by atoms with van der Waals surface area (Å²) in [6.45, 7) is 5.60. The summed E-state index contributed by atoms with van der Waals surface area (Å²) in [6.07, 6.45) is 12.8. The largest absolute Gasteiger partial charge is 0.346 e. The number of rotatable bonds is 4. The molecule has 0 bridgehead atoms. The first-order valence-electron chi connectivity index (χ1n) is 11.5. The van der Waals surface area contributed by atoms with Gasteiger partial charge in [-0.3, -0.25) is 14.3 Å². The maximum Gasteiger partial charge on any atom is 0.227 e. The van der Waals surface area contributed by atoms with Crippen LogP contribution in [0.25, 0.3) is 5.13 Å². The van der Waals surface area contributed by atoms with Gasteiger partial charge in [-0.05, 0) is 37.8 Å². The Morgan fingerprint density at radius 2 is 1.60 bits per heavy atom. The van der Waals surface area contributed by atoms with Gasteiger partial charge in [-0.2, -0.15) is 0 Å². The number of piperazine rings is 1. The summed E-state index contributed by atoms with van der Waals surface area (Å²) < 4.78 is 1.99. The van der Waals surface area contributed by atoms with Crippen LogP contribution in [-0.2, 0) is 4.79 Å². The van der Waals surface area contributed by atoms with Gasteiger partial charge in [0.25, 0.3) is 0 Å². The van der Waals surface area contributed by atoms with E-state index < -0.39 is 0 Å². The van der Waals surface area contributed by atoms with Gasteiger partial charge in [0.2, 0.25) is 16.2 Å². The van der Waals surface area contributed by atoms with Crippen molar-refractivity contribution in [2.24, 2.45) is 5.92 Å². The lowest BCUT2D eigenvalue weighted by Gasteiger charge is -2.42. The van der Waals surface area contributed by atoms with E-state index in [9.17, 15) is 4.79 Å². The van der Waals surface area contributed by atoms with Crippen LogP contribution in [0.2, 0.25) is 0 Å². The van der Waals surface area contributed by atoms with Crippen molar-refractivity contribution in [3.05, 3.63) is 24.5 Å². The molecule has 1 aliphatic carbocycles. The number of amides is 1. The van der Waals surface area contributed by atoms with E-state index in [0.29, 0.717) is 5.91 Å². The number of piperidine rings is 1. The Balaban J connectivity index is 1.17. The third-order valence-electron chi connectivity index (χ3n) is 6.99. The maximum absolute atomic E-state index is 13.2. The lowest BCUT2D eigenvalue weighted by molar-refractivity contribution is -0.138. The molecule has 2 saturated heterocycles. The molecule has 1 atom stereocenters. The summed E-state index contributed by atoms with van der Waals surface area (Å²) >= 11 is 1.60. The zero-order chi connectivity index (χ0) is 20.3. The number of nitrogens with zero attached hydrogens (tertiary/aromatic N) is 6. The second-order valence-electron chi connectivity index (χ2n) is 8.90. The molecule has 2 aliphatic heterocycles. The summed E-state index contributed by atoms with van der Waals surface area (Å²) in [7, 11) is 0. The third kappa shape index (κ3) is 4.25. The molecule has 0 radical (unpaired) electrons. The highest BCUT2D eigenvalue weighted by molar-refractivity contribution is 7.17. The molecular formula is C22H32N6OS. The van der Waals surface area contributed by atoms with Crippen molar-refractivity contribution in [3.8, 4) is 5.13 Å². The smallest absolute Gasteiger partial charge is 0.227 e. The Hall–Kier alpha value is -1.93. The topological polar surface area (TPSA) is 57.5 Å². The Morgan fingerprint density at radius 1 is 0.867 bits per heavy atom. The SMILES string of the molecule is O=C([C@@H]1CCCN(c2nnc(-n3cccc3)s2)C1)N1CCN(C2CCCCC2)CC1. The number of hydrogen-bond acceptors (Lipinski definition) is 6. The molecule has 0 unspecified atom stereocenters. The van der Waals surface area contributed by atoms with Gasteiger partial charge < -0.3 is 9.80 Å². The van der Waals surface area contributed by atoms with E-state index in [2.05, 4.69) is 24.9 Å². The highest BCUT2D eigenvalue weighted by Gasteiger charge is 2.33. The molecule has 7 nitrogen and oxygen atoms in total. The molecule has 162 valence electrons. The molecule has 3 aliphatic rings. The van der Waals surface area contributed by atoms with Crippen LogP contribution in [-0.4, -0.2) is 75.8 Å². The number of carbonyl (C=O) groups is 1. The molecule has 1 amide bonds. The van der Waals surface area contributed by atoms with Gasteiger partial charge in [0.15, 0.2) is 0 Å². The van der Waals surface area contributed by atoms with Gasteiger partial charge >= 0.3 is 0 Å². The average molecular weight is 429 g/mol. The fourth-order valence-electron chi connectivity index (χ4n) is 5.27. The van der Waals surface area contributed by atoms with Crippen LogP contribution in [0.4, 0.5) is 5.13 Å². The maximum atomic E-state index is 13.2. The molecule has 4 heterocycles. The Kier molecular flexibility index (Phi) is 6.04. The van der Waals surface area contributed by atoms with Gasteiger partial charge in [-0.15, -0.1) is 10.2 Å². The van der Waals surface area contributed by atoms with Gasteiger partial charge in [0, 0.05) is 57.7 Å². The molecular weight excluding hydrogens is 396 g/mol. The fraction of sp³-hybridized carbons (Fsp3) is 0.682. The number of aromatic nitrogens is 3. The average Bonchev–Trinajstić information content (AvgIpc) is 3.52. The lowest BCUT2D eigenvalue weighted by Crippen LogP contribution is -2.54. The van der Waals surface area contributed by atoms with Crippen LogP contribution < -0.4 is 4.90 Å². The fourth-order valence-corrected chi connectivity index (χ4v) is 6.12. The zero-order valence-electron chi connectivity index (χ0n) is 17.7. The molecule has 0 N–H and O–H groups in total. The van der Waals surface area contributed by atoms with Crippen molar-refractivity contribution < 1.29 is 4.79 Å². The minimum absolute atomic E-state index is 0.0823. The van der Waals surface area contributed by atoms with Crippen molar-refractivity contribution in [3.63, 3.8) is 0 Å². The quantitative estimate of drug-likeness (QED) is 0.749. The van der Waals surface area contributed by atoms with E-state index in [1.54, 1.807) is 11.3 Å². The van der Waals surface area contributed by atoms with E-state index in [0.717, 1.165) is 68.4 Å². The van der Waals surface area contributed by atoms with E-state index in [4.69, 9.17) is 0 Å². The summed E-state index contributed by atoms with van der Waals surface area (Å²) in [5.41, 5.74) is 0. The second kappa shape index (κ2) is 9.06. The molecule has 3 fully saturated rings. The van der Waals surface area contributed by atoms with Crippen LogP contribution in [0, 0.1) is 5.92 Å². The van der Waals surface area contributed by atoms with Crippen molar-refractivity contribution in [2.75, 3.05) is 44.2 Å². The highest BCUT2D eigenvalue weighted by atomic mass is 32.1. The summed E-state index contributed by atoms with van der Waals surface area (Å²) in [4.78, 5) is 20.3. The standard InChI is InChI=1S/C22H32N6OS/c29-20(26-15-13-25(14-16-26)19-8-2-1-3-9-19)18-7-6-12-28(17-18)22-24-23-21(30-22)27-10-4-5-11-27/h4-5,10-11,18-19H,1-3,6-9,12-17H2/t18-/m1/s1. The molecule has 2 aromatic rings. The molecule has 8 heteroatoms. The van der Waals surface area contributed by atoms with Crippen LogP contribution in [0.5, 0.6) is 0 Å². The van der Waals surface area contributed by atoms with Crippen LogP contribution in [0.1, 0.15) is 44.9 Å². The number of carbonyl (C=O) groups excluding carboxylic acids is 1. The van der Waals surface area contributed by atoms with Crippen molar-refractivity contribution in [1.82, 2.24) is 24.6 Å². The van der Waals surface area contributed by atoms with Crippen LogP contribution >= 0.6 is 11.3 Å². The van der Waals surface area contributed by atoms with Crippen molar-refractivity contribution >= 4 is 22.4 Å². The first-order chi connectivity index (χ1) is 14.8. The predicted octanol–water partition coefficient (Wildman–Crippen LogP) is 3.02. The lowest BCUT2D eigenvalue weighted by atomic mass is 9.93. The normalized spacial score (nSPS) is 24.3. The highest BCUT2D eigenvalue weighted by Crippen LogP contribution is 2.29. The summed E-state index contributed by atoms with van der Waals surface area (Å²) in [5, 5.41) is 10.5. The first kappa shape index (κ1) is 20.0. The van der Waals surface area contributed by atoms with E-state index in [-0.39, 0.29) is 5.92 Å². The minimum Gasteiger partial charge on any atom is -0.346 e. The van der Waals surface area contributed by atoms with Gasteiger partial charge in [-0.25, -0.2) is 0 Å². The summed E-state index contributed by atoms with van der Waals surface area (Å²) in [5.74, 6) is 0.428. The first-order valence-corrected chi connectivity index (χ1v) is 12.3. The van der Waals surface area contributed by atoms with E-state index in [1.165, 1.54) is 32.1 Å². The van der Waals surface area contributed by atoms with Crippen LogP contribution in [0.3, 0.4) is 0 Å². The zero-order valence-corrected chi connectivity index (χ0v) is 18.5. The Bertz CT molecular complexity index is 823. The molecule has 30 heavy (non-hydrogen) atoms. The van der Waals surface area contributed by atoms with Gasteiger partial charge in [0.05, 0.1) is 5.92 Å². The van der Waals surface area contributed by atoms with Gasteiger partial charge in [0.1, 0.15) is 0 Å². The summed E-state index contributed by atoms with van der Waals surface area (Å²) in [6, 6.07) is 4.74. The number of anilines is 1. The predicted molar refractivity (Wildman–Crippen MR) is 119 cm³/mol. The van der Waals surface area contributed by atoms with E-state index >= 15 is 0 Å². The molecule has 5 rings (SSSR count). The molecule has 0 spiro atoms. The van der Waals surface area contributed by atoms with Crippen LogP contribution in [0.15, 0.2) is 24.5 Å². The number of hydrogen-bond donors (Lipinski definition) is 0. The molecule has 2 aromatic heterocycles. The Morgan fingerprint density at radius 3 is 2.37 bits per heavy atom.